The minimum Gasteiger partial charge on any atom is -0.478 e. The summed E-state index contributed by atoms with van der Waals surface area (Å²) < 4.78 is 5.89. The van der Waals surface area contributed by atoms with Crippen molar-refractivity contribution in [3.8, 4) is 0 Å². The van der Waals surface area contributed by atoms with Crippen molar-refractivity contribution in [1.82, 2.24) is 4.98 Å². The highest BCUT2D eigenvalue weighted by Gasteiger charge is 2.15. The second kappa shape index (κ2) is 5.76. The van der Waals surface area contributed by atoms with Gasteiger partial charge in [0.05, 0.1) is 11.3 Å². The van der Waals surface area contributed by atoms with Crippen LogP contribution >= 0.6 is 22.6 Å². The Bertz CT molecular complexity index is 888. The van der Waals surface area contributed by atoms with E-state index in [2.05, 4.69) is 10.3 Å². The van der Waals surface area contributed by atoms with Crippen LogP contribution in [0.3, 0.4) is 0 Å². The van der Waals surface area contributed by atoms with Crippen LogP contribution in [-0.2, 0) is 0 Å². The van der Waals surface area contributed by atoms with E-state index >= 15 is 0 Å². The van der Waals surface area contributed by atoms with E-state index in [1.165, 1.54) is 12.5 Å². The van der Waals surface area contributed by atoms with Gasteiger partial charge >= 0.3 is 5.97 Å². The van der Waals surface area contributed by atoms with Crippen LogP contribution in [-0.4, -0.2) is 22.0 Å². The van der Waals surface area contributed by atoms with Crippen molar-refractivity contribution in [3.63, 3.8) is 0 Å². The zero-order chi connectivity index (χ0) is 15.7. The summed E-state index contributed by atoms with van der Waals surface area (Å²) in [6.07, 6.45) is 1.30. The molecule has 110 valence electrons. The smallest absolute Gasteiger partial charge is 0.337 e. The first-order valence-corrected chi connectivity index (χ1v) is 7.30. The van der Waals surface area contributed by atoms with Gasteiger partial charge in [-0.25, -0.2) is 9.78 Å². The number of carbonyl (C=O) groups is 2. The molecule has 0 aliphatic heterocycles. The molecule has 0 unspecified atom stereocenters. The van der Waals surface area contributed by atoms with E-state index in [1.54, 1.807) is 30.3 Å². The Labute approximate surface area is 138 Å². The summed E-state index contributed by atoms with van der Waals surface area (Å²) in [6, 6.07) is 9.61. The van der Waals surface area contributed by atoms with Crippen LogP contribution in [0.15, 0.2) is 47.2 Å². The number of rotatable bonds is 3. The molecule has 0 spiro atoms. The van der Waals surface area contributed by atoms with Crippen LogP contribution in [0.1, 0.15) is 20.7 Å². The number of carboxylic acid groups (broad SMARTS) is 1. The third-order valence-corrected chi connectivity index (χ3v) is 3.72. The molecular formula is C15H9IN2O4. The number of hydrogen-bond donors (Lipinski definition) is 2. The summed E-state index contributed by atoms with van der Waals surface area (Å²) in [5.74, 6) is -1.51. The molecule has 1 aromatic heterocycles. The number of nitrogens with one attached hydrogen (secondary N) is 1. The maximum absolute atomic E-state index is 12.3. The molecule has 0 fully saturated rings. The summed E-state index contributed by atoms with van der Waals surface area (Å²) >= 11 is 2.01. The van der Waals surface area contributed by atoms with Crippen LogP contribution in [0, 0.1) is 3.57 Å². The van der Waals surface area contributed by atoms with Crippen molar-refractivity contribution in [3.05, 3.63) is 57.5 Å². The molecule has 1 heterocycles. The molecule has 1 amide bonds. The molecule has 0 saturated carbocycles. The molecule has 0 bridgehead atoms. The van der Waals surface area contributed by atoms with Crippen LogP contribution < -0.4 is 5.32 Å². The quantitative estimate of drug-likeness (QED) is 0.649. The number of halogens is 1. The number of aromatic carboxylic acids is 1. The highest BCUT2D eigenvalue weighted by Crippen LogP contribution is 2.21. The molecule has 7 heteroatoms. The minimum atomic E-state index is -1.10. The van der Waals surface area contributed by atoms with Gasteiger partial charge in [-0.15, -0.1) is 0 Å². The lowest BCUT2D eigenvalue weighted by atomic mass is 10.1. The van der Waals surface area contributed by atoms with Crippen molar-refractivity contribution in [2.24, 2.45) is 0 Å². The van der Waals surface area contributed by atoms with Gasteiger partial charge in [-0.05, 0) is 59.0 Å². The number of aromatic nitrogens is 1. The van der Waals surface area contributed by atoms with E-state index < -0.39 is 11.9 Å². The number of hydrogen-bond acceptors (Lipinski definition) is 4. The first-order chi connectivity index (χ1) is 10.5. The van der Waals surface area contributed by atoms with Gasteiger partial charge in [-0.3, -0.25) is 4.79 Å². The zero-order valence-corrected chi connectivity index (χ0v) is 13.2. The number of benzene rings is 2. The zero-order valence-electron chi connectivity index (χ0n) is 11.0. The van der Waals surface area contributed by atoms with Crippen molar-refractivity contribution in [1.29, 1.82) is 0 Å². The molecule has 2 N–H and O–H groups in total. The Kier molecular flexibility index (Phi) is 3.80. The Hall–Kier alpha value is -2.42. The summed E-state index contributed by atoms with van der Waals surface area (Å²) in [6.45, 7) is 0. The van der Waals surface area contributed by atoms with Crippen molar-refractivity contribution >= 4 is 51.3 Å². The topological polar surface area (TPSA) is 92.4 Å². The van der Waals surface area contributed by atoms with Gasteiger partial charge in [0.1, 0.15) is 5.52 Å². The molecule has 3 aromatic rings. The maximum atomic E-state index is 12.3. The van der Waals surface area contributed by atoms with E-state index in [9.17, 15) is 14.7 Å². The van der Waals surface area contributed by atoms with Crippen molar-refractivity contribution in [2.45, 2.75) is 0 Å². The van der Waals surface area contributed by atoms with E-state index in [1.807, 2.05) is 22.6 Å². The van der Waals surface area contributed by atoms with E-state index in [0.717, 1.165) is 3.57 Å². The molecule has 0 saturated heterocycles. The van der Waals surface area contributed by atoms with Gasteiger partial charge in [0.15, 0.2) is 12.0 Å². The number of nitrogens with zero attached hydrogens (tertiary/aromatic N) is 1. The Morgan fingerprint density at radius 3 is 2.77 bits per heavy atom. The van der Waals surface area contributed by atoms with Crippen LogP contribution in [0.2, 0.25) is 0 Å². The van der Waals surface area contributed by atoms with Gasteiger partial charge in [-0.2, -0.15) is 0 Å². The fourth-order valence-electron chi connectivity index (χ4n) is 2.00. The first kappa shape index (κ1) is 14.5. The standard InChI is InChI=1S/C15H9IN2O4/c16-9-2-3-11(10(6-9)15(20)21)18-14(19)8-1-4-13-12(5-8)17-7-22-13/h1-7H,(H,18,19)(H,20,21). The number of amides is 1. The molecule has 0 aliphatic carbocycles. The van der Waals surface area contributed by atoms with E-state index in [0.29, 0.717) is 16.7 Å². The molecule has 3 rings (SSSR count). The lowest BCUT2D eigenvalue weighted by Gasteiger charge is -2.09. The lowest BCUT2D eigenvalue weighted by Crippen LogP contribution is -2.15. The van der Waals surface area contributed by atoms with Crippen molar-refractivity contribution < 1.29 is 19.1 Å². The lowest BCUT2D eigenvalue weighted by molar-refractivity contribution is 0.0698. The average molecular weight is 408 g/mol. The SMILES string of the molecule is O=C(Nc1ccc(I)cc1C(=O)O)c1ccc2ocnc2c1. The summed E-state index contributed by atoms with van der Waals surface area (Å²) in [5.41, 5.74) is 1.81. The predicted molar refractivity (Wildman–Crippen MR) is 88.1 cm³/mol. The highest BCUT2D eigenvalue weighted by molar-refractivity contribution is 14.1. The van der Waals surface area contributed by atoms with E-state index in [4.69, 9.17) is 4.42 Å². The molecule has 0 aliphatic rings. The maximum Gasteiger partial charge on any atom is 0.337 e. The van der Waals surface area contributed by atoms with Gasteiger partial charge in [-0.1, -0.05) is 0 Å². The van der Waals surface area contributed by atoms with Crippen LogP contribution in [0.5, 0.6) is 0 Å². The number of anilines is 1. The summed E-state index contributed by atoms with van der Waals surface area (Å²) in [4.78, 5) is 27.5. The summed E-state index contributed by atoms with van der Waals surface area (Å²) in [5, 5.41) is 11.8. The Balaban J connectivity index is 1.92. The average Bonchev–Trinajstić information content (AvgIpc) is 2.96. The minimum absolute atomic E-state index is 0.0442. The largest absolute Gasteiger partial charge is 0.478 e. The number of carboxylic acids is 1. The first-order valence-electron chi connectivity index (χ1n) is 6.22. The molecule has 2 aromatic carbocycles. The second-order valence-electron chi connectivity index (χ2n) is 4.48. The van der Waals surface area contributed by atoms with Crippen LogP contribution in [0.4, 0.5) is 5.69 Å². The molecule has 0 radical (unpaired) electrons. The Morgan fingerprint density at radius 1 is 1.18 bits per heavy atom. The molecule has 0 atom stereocenters. The predicted octanol–water partition coefficient (Wildman–Crippen LogP) is 3.38. The third kappa shape index (κ3) is 2.80. The van der Waals surface area contributed by atoms with Gasteiger partial charge < -0.3 is 14.8 Å². The summed E-state index contributed by atoms with van der Waals surface area (Å²) in [7, 11) is 0. The fourth-order valence-corrected chi connectivity index (χ4v) is 2.49. The second-order valence-corrected chi connectivity index (χ2v) is 5.73. The fraction of sp³-hybridized carbons (Fsp3) is 0. The number of fused-ring (bicyclic) bond motifs is 1. The molecule has 6 nitrogen and oxygen atoms in total. The van der Waals surface area contributed by atoms with Crippen LogP contribution in [0.25, 0.3) is 11.1 Å². The van der Waals surface area contributed by atoms with E-state index in [-0.39, 0.29) is 11.3 Å². The molecular weight excluding hydrogens is 399 g/mol. The Morgan fingerprint density at radius 2 is 2.00 bits per heavy atom. The third-order valence-electron chi connectivity index (χ3n) is 3.05. The number of oxazole rings is 1. The number of carbonyl (C=O) groups excluding carboxylic acids is 1. The van der Waals surface area contributed by atoms with Gasteiger partial charge in [0.25, 0.3) is 5.91 Å². The monoisotopic (exact) mass is 408 g/mol. The highest BCUT2D eigenvalue weighted by atomic mass is 127. The van der Waals surface area contributed by atoms with Crippen molar-refractivity contribution in [2.75, 3.05) is 5.32 Å². The van der Waals surface area contributed by atoms with Gasteiger partial charge in [0, 0.05) is 9.13 Å². The van der Waals surface area contributed by atoms with Gasteiger partial charge in [0.2, 0.25) is 0 Å². The normalized spacial score (nSPS) is 10.6. The molecule has 22 heavy (non-hydrogen) atoms.